The van der Waals surface area contributed by atoms with Crippen molar-refractivity contribution < 1.29 is 22.8 Å². The number of halogens is 2. The van der Waals surface area contributed by atoms with Gasteiger partial charge in [-0.05, 0) is 44.4 Å². The highest BCUT2D eigenvalue weighted by Gasteiger charge is 2.36. The second kappa shape index (κ2) is 9.13. The van der Waals surface area contributed by atoms with Gasteiger partial charge in [0.1, 0.15) is 11.6 Å². The van der Waals surface area contributed by atoms with E-state index in [2.05, 4.69) is 9.88 Å². The molecule has 2 amide bonds. The van der Waals surface area contributed by atoms with Crippen molar-refractivity contribution in [1.82, 2.24) is 14.8 Å². The summed E-state index contributed by atoms with van der Waals surface area (Å²) in [5.41, 5.74) is 5.65. The van der Waals surface area contributed by atoms with Crippen LogP contribution in [0.3, 0.4) is 0 Å². The maximum Gasteiger partial charge on any atom is 0.234 e. The van der Waals surface area contributed by atoms with Crippen molar-refractivity contribution in [2.45, 2.75) is 50.6 Å². The lowest BCUT2D eigenvalue weighted by Gasteiger charge is -2.38. The van der Waals surface area contributed by atoms with Crippen LogP contribution in [0.1, 0.15) is 38.0 Å². The Kier molecular flexibility index (Phi) is 6.31. The quantitative estimate of drug-likeness (QED) is 0.757. The Bertz CT molecular complexity index is 956. The summed E-state index contributed by atoms with van der Waals surface area (Å²) < 4.78 is 32.5. The summed E-state index contributed by atoms with van der Waals surface area (Å²) >= 11 is 0. The topological polar surface area (TPSA) is 92.7 Å². The zero-order chi connectivity index (χ0) is 22.0. The predicted molar refractivity (Wildman–Crippen MR) is 109 cm³/mol. The van der Waals surface area contributed by atoms with E-state index in [1.54, 1.807) is 0 Å². The van der Waals surface area contributed by atoms with E-state index in [1.807, 2.05) is 4.90 Å². The van der Waals surface area contributed by atoms with Gasteiger partial charge in [0, 0.05) is 38.0 Å². The second-order valence-corrected chi connectivity index (χ2v) is 8.15. The summed E-state index contributed by atoms with van der Waals surface area (Å²) in [6.07, 6.45) is 5.36. The van der Waals surface area contributed by atoms with Gasteiger partial charge in [0.15, 0.2) is 11.7 Å². The molecule has 7 nitrogen and oxygen atoms in total. The summed E-state index contributed by atoms with van der Waals surface area (Å²) in [5, 5.41) is 0. The number of benzene rings is 1. The molecule has 2 aliphatic heterocycles. The van der Waals surface area contributed by atoms with Crippen LogP contribution < -0.4 is 5.73 Å². The van der Waals surface area contributed by atoms with Gasteiger partial charge in [0.25, 0.3) is 0 Å². The smallest absolute Gasteiger partial charge is 0.234 e. The third-order valence-electron chi connectivity index (χ3n) is 6.21. The number of nitrogens with two attached hydrogens (primary N) is 1. The van der Waals surface area contributed by atoms with Gasteiger partial charge in [-0.15, -0.1) is 0 Å². The number of amides is 2. The maximum atomic E-state index is 13.9. The summed E-state index contributed by atoms with van der Waals surface area (Å²) in [5.74, 6) is -1.09. The monoisotopic (exact) mass is 432 g/mol. The lowest BCUT2D eigenvalue weighted by Crippen LogP contribution is -2.51. The minimum Gasteiger partial charge on any atom is -0.441 e. The molecule has 31 heavy (non-hydrogen) atoms. The molecule has 1 unspecified atom stereocenters. The van der Waals surface area contributed by atoms with Crippen LogP contribution in [0.4, 0.5) is 8.78 Å². The van der Waals surface area contributed by atoms with Crippen molar-refractivity contribution in [3.63, 3.8) is 0 Å². The van der Waals surface area contributed by atoms with Crippen molar-refractivity contribution in [2.75, 3.05) is 19.6 Å². The van der Waals surface area contributed by atoms with E-state index in [0.717, 1.165) is 44.4 Å². The molecule has 4 rings (SSSR count). The van der Waals surface area contributed by atoms with Crippen LogP contribution in [0.15, 0.2) is 28.8 Å². The first-order valence-corrected chi connectivity index (χ1v) is 10.7. The fourth-order valence-electron chi connectivity index (χ4n) is 4.59. The van der Waals surface area contributed by atoms with E-state index in [1.165, 1.54) is 12.3 Å². The fourth-order valence-corrected chi connectivity index (χ4v) is 4.59. The lowest BCUT2D eigenvalue weighted by molar-refractivity contribution is -0.133. The first kappa shape index (κ1) is 21.4. The summed E-state index contributed by atoms with van der Waals surface area (Å²) in [7, 11) is 0. The highest BCUT2D eigenvalue weighted by molar-refractivity contribution is 5.80. The number of primary amides is 1. The van der Waals surface area contributed by atoms with Crippen LogP contribution in [0.25, 0.3) is 11.3 Å². The number of aromatic nitrogens is 1. The average molecular weight is 432 g/mol. The van der Waals surface area contributed by atoms with Gasteiger partial charge in [0.2, 0.25) is 11.8 Å². The van der Waals surface area contributed by atoms with E-state index < -0.39 is 11.6 Å². The molecule has 2 N–H and O–H groups in total. The van der Waals surface area contributed by atoms with E-state index in [-0.39, 0.29) is 41.6 Å². The minimum absolute atomic E-state index is 0.0130. The third-order valence-corrected chi connectivity index (χ3v) is 6.21. The number of nitrogens with zero attached hydrogens (tertiary/aromatic N) is 3. The number of hydrogen-bond donors (Lipinski definition) is 1. The standard InChI is InChI=1S/C22H26F2N4O3/c23-14-3-4-16(17(24)12-14)19-13-26-20(31-19)5-6-21(29)27-10-7-15(8-11-27)28-9-1-2-18(28)22(25)30/h3-4,12-13,15,18H,1-2,5-11H2,(H2,25,30). The van der Waals surface area contributed by atoms with Crippen LogP contribution in [-0.2, 0) is 16.0 Å². The van der Waals surface area contributed by atoms with E-state index >= 15 is 0 Å². The molecule has 0 spiro atoms. The molecule has 2 fully saturated rings. The number of carbonyl (C=O) groups excluding carboxylic acids is 2. The Morgan fingerprint density at radius 2 is 1.94 bits per heavy atom. The predicted octanol–water partition coefficient (Wildman–Crippen LogP) is 2.49. The Hall–Kier alpha value is -2.81. The molecule has 0 saturated carbocycles. The van der Waals surface area contributed by atoms with Crippen LogP contribution in [0.5, 0.6) is 0 Å². The SMILES string of the molecule is NC(=O)C1CCCN1C1CCN(C(=O)CCc2ncc(-c3ccc(F)cc3F)o2)CC1. The number of rotatable bonds is 6. The Morgan fingerprint density at radius 3 is 2.65 bits per heavy atom. The van der Waals surface area contributed by atoms with Crippen molar-refractivity contribution in [2.24, 2.45) is 5.73 Å². The van der Waals surface area contributed by atoms with Crippen molar-refractivity contribution in [1.29, 1.82) is 0 Å². The molecule has 1 aromatic heterocycles. The molecule has 2 aromatic rings. The summed E-state index contributed by atoms with van der Waals surface area (Å²) in [6, 6.07) is 3.34. The normalized spacial score (nSPS) is 20.3. The number of piperidine rings is 1. The van der Waals surface area contributed by atoms with Gasteiger partial charge < -0.3 is 15.1 Å². The highest BCUT2D eigenvalue weighted by atomic mass is 19.1. The van der Waals surface area contributed by atoms with Crippen molar-refractivity contribution in [3.05, 3.63) is 41.9 Å². The maximum absolute atomic E-state index is 13.9. The summed E-state index contributed by atoms with van der Waals surface area (Å²) in [4.78, 5) is 32.4. The first-order chi connectivity index (χ1) is 14.9. The zero-order valence-electron chi connectivity index (χ0n) is 17.2. The highest BCUT2D eigenvalue weighted by Crippen LogP contribution is 2.27. The molecule has 0 bridgehead atoms. The number of carbonyl (C=O) groups is 2. The minimum atomic E-state index is -0.724. The third kappa shape index (κ3) is 4.76. The van der Waals surface area contributed by atoms with Gasteiger partial charge in [-0.3, -0.25) is 14.5 Å². The van der Waals surface area contributed by atoms with Crippen molar-refractivity contribution >= 4 is 11.8 Å². The van der Waals surface area contributed by atoms with Crippen LogP contribution in [0, 0.1) is 11.6 Å². The zero-order valence-corrected chi connectivity index (χ0v) is 17.2. The first-order valence-electron chi connectivity index (χ1n) is 10.7. The van der Waals surface area contributed by atoms with Gasteiger partial charge in [-0.2, -0.15) is 0 Å². The molecule has 2 aliphatic rings. The van der Waals surface area contributed by atoms with E-state index in [4.69, 9.17) is 10.2 Å². The van der Waals surface area contributed by atoms with Crippen LogP contribution >= 0.6 is 0 Å². The lowest BCUT2D eigenvalue weighted by atomic mass is 10.0. The molecule has 0 aliphatic carbocycles. The van der Waals surface area contributed by atoms with E-state index in [0.29, 0.717) is 25.4 Å². The second-order valence-electron chi connectivity index (χ2n) is 8.15. The van der Waals surface area contributed by atoms with Crippen molar-refractivity contribution in [3.8, 4) is 11.3 Å². The Morgan fingerprint density at radius 1 is 1.16 bits per heavy atom. The summed E-state index contributed by atoms with van der Waals surface area (Å²) in [6.45, 7) is 2.17. The molecule has 9 heteroatoms. The molecular formula is C22H26F2N4O3. The molecule has 1 aromatic carbocycles. The van der Waals surface area contributed by atoms with Gasteiger partial charge in [0.05, 0.1) is 17.8 Å². The average Bonchev–Trinajstić information content (AvgIpc) is 3.42. The Balaban J connectivity index is 1.27. The van der Waals surface area contributed by atoms with Crippen LogP contribution in [0.2, 0.25) is 0 Å². The van der Waals surface area contributed by atoms with Gasteiger partial charge in [-0.1, -0.05) is 0 Å². The van der Waals surface area contributed by atoms with Gasteiger partial charge in [-0.25, -0.2) is 13.8 Å². The number of likely N-dealkylation sites (tertiary alicyclic amines) is 2. The van der Waals surface area contributed by atoms with Crippen LogP contribution in [-0.4, -0.2) is 58.3 Å². The molecule has 2 saturated heterocycles. The number of hydrogen-bond acceptors (Lipinski definition) is 5. The molecule has 1 atom stereocenters. The fraction of sp³-hybridized carbons (Fsp3) is 0.500. The molecule has 3 heterocycles. The largest absolute Gasteiger partial charge is 0.441 e. The molecule has 0 radical (unpaired) electrons. The number of oxazole rings is 1. The molecular weight excluding hydrogens is 406 g/mol. The number of aryl methyl sites for hydroxylation is 1. The van der Waals surface area contributed by atoms with E-state index in [9.17, 15) is 18.4 Å². The Labute approximate surface area is 179 Å². The molecule has 166 valence electrons. The van der Waals surface area contributed by atoms with Gasteiger partial charge >= 0.3 is 0 Å².